The number of rotatable bonds is 3. The summed E-state index contributed by atoms with van der Waals surface area (Å²) >= 11 is 0. The number of benzene rings is 1. The van der Waals surface area contributed by atoms with E-state index in [1.54, 1.807) is 0 Å². The Morgan fingerprint density at radius 3 is 1.89 bits per heavy atom. The molecule has 0 bridgehead atoms. The molecule has 1 aromatic carbocycles. The minimum absolute atomic E-state index is 0.270. The second kappa shape index (κ2) is 4.34. The number of carbonyl (C=O) groups is 1. The fourth-order valence-electron chi connectivity index (χ4n) is 3.49. The molecule has 3 rings (SSSR count). The Bertz CT molecular complexity index is 476. The average molecular weight is 251 g/mol. The van der Waals surface area contributed by atoms with Crippen LogP contribution in [0.5, 0.6) is 0 Å². The lowest BCUT2D eigenvalue weighted by atomic mass is 9.92. The fraction of sp³-hybridized carbons (Fsp3) is 0.500. The predicted octanol–water partition coefficient (Wildman–Crippen LogP) is 3.17. The first-order valence-corrected chi connectivity index (χ1v) is 6.41. The summed E-state index contributed by atoms with van der Waals surface area (Å²) in [7, 11) is 0. The van der Waals surface area contributed by atoms with Crippen LogP contribution in [-0.4, -0.2) is 6.41 Å². The van der Waals surface area contributed by atoms with Gasteiger partial charge in [0.1, 0.15) is 0 Å². The van der Waals surface area contributed by atoms with Gasteiger partial charge in [-0.05, 0) is 60.8 Å². The molecule has 1 N–H and O–H groups in total. The molecule has 2 nitrogen and oxygen atoms in total. The van der Waals surface area contributed by atoms with E-state index in [1.165, 1.54) is 0 Å². The molecule has 2 aliphatic carbocycles. The first-order valence-electron chi connectivity index (χ1n) is 6.41. The van der Waals surface area contributed by atoms with Gasteiger partial charge >= 0.3 is 0 Å². The molecule has 0 radical (unpaired) electrons. The largest absolute Gasteiger partial charge is 0.328 e. The topological polar surface area (TPSA) is 29.1 Å². The van der Waals surface area contributed by atoms with Gasteiger partial charge in [-0.3, -0.25) is 4.79 Å². The highest BCUT2D eigenvalue weighted by atomic mass is 19.3. The van der Waals surface area contributed by atoms with Gasteiger partial charge in [0.25, 0.3) is 6.43 Å². The van der Waals surface area contributed by atoms with Crippen LogP contribution < -0.4 is 5.32 Å². The molecule has 2 aliphatic rings. The molecule has 0 unspecified atom stereocenters. The quantitative estimate of drug-likeness (QED) is 0.821. The molecule has 0 fully saturated rings. The first kappa shape index (κ1) is 11.6. The molecule has 0 heterocycles. The van der Waals surface area contributed by atoms with Crippen molar-refractivity contribution in [2.24, 2.45) is 0 Å². The Balaban J connectivity index is 2.28. The van der Waals surface area contributed by atoms with E-state index in [2.05, 4.69) is 5.32 Å². The Labute approximate surface area is 104 Å². The Kier molecular flexibility index (Phi) is 2.80. The highest BCUT2D eigenvalue weighted by Gasteiger charge is 2.31. The highest BCUT2D eigenvalue weighted by Crippen LogP contribution is 2.44. The van der Waals surface area contributed by atoms with Gasteiger partial charge in [0, 0.05) is 11.3 Å². The SMILES string of the molecule is O=CNc1c2c(c(C(F)F)c3c1CCC3)CCC2. The molecule has 0 aliphatic heterocycles. The number of anilines is 1. The minimum atomic E-state index is -2.39. The standard InChI is InChI=1S/C14H15F2NO/c15-14(16)12-8-3-1-5-10(8)13(17-7-18)11-6-2-4-9(11)12/h7,14H,1-6H2,(H,17,18). The summed E-state index contributed by atoms with van der Waals surface area (Å²) < 4.78 is 26.6. The summed E-state index contributed by atoms with van der Waals surface area (Å²) in [6, 6.07) is 0. The average Bonchev–Trinajstić information content (AvgIpc) is 2.96. The van der Waals surface area contributed by atoms with Gasteiger partial charge in [-0.25, -0.2) is 8.78 Å². The van der Waals surface area contributed by atoms with E-state index < -0.39 is 6.43 Å². The molecular weight excluding hydrogens is 236 g/mol. The maximum Gasteiger partial charge on any atom is 0.264 e. The van der Waals surface area contributed by atoms with Crippen LogP contribution in [0.25, 0.3) is 0 Å². The second-order valence-corrected chi connectivity index (χ2v) is 4.97. The molecule has 1 aromatic rings. The molecule has 0 saturated heterocycles. The summed E-state index contributed by atoms with van der Waals surface area (Å²) in [4.78, 5) is 10.7. The van der Waals surface area contributed by atoms with Crippen LogP contribution in [0.15, 0.2) is 0 Å². The van der Waals surface area contributed by atoms with E-state index in [0.29, 0.717) is 6.41 Å². The Morgan fingerprint density at radius 1 is 0.944 bits per heavy atom. The summed E-state index contributed by atoms with van der Waals surface area (Å²) in [6.45, 7) is 0. The van der Waals surface area contributed by atoms with E-state index in [4.69, 9.17) is 0 Å². The van der Waals surface area contributed by atoms with E-state index >= 15 is 0 Å². The molecule has 4 heteroatoms. The van der Waals surface area contributed by atoms with Crippen LogP contribution in [0, 0.1) is 0 Å². The van der Waals surface area contributed by atoms with E-state index in [1.807, 2.05) is 0 Å². The second-order valence-electron chi connectivity index (χ2n) is 4.97. The minimum Gasteiger partial charge on any atom is -0.328 e. The lowest BCUT2D eigenvalue weighted by Crippen LogP contribution is -2.08. The van der Waals surface area contributed by atoms with Gasteiger partial charge in [0.15, 0.2) is 0 Å². The number of nitrogens with one attached hydrogen (secondary N) is 1. The first-order chi connectivity index (χ1) is 8.74. The smallest absolute Gasteiger partial charge is 0.264 e. The van der Waals surface area contributed by atoms with Crippen LogP contribution in [0.4, 0.5) is 14.5 Å². The van der Waals surface area contributed by atoms with Crippen LogP contribution in [0.1, 0.15) is 47.1 Å². The molecule has 0 aromatic heterocycles. The summed E-state index contributed by atoms with van der Waals surface area (Å²) in [6.07, 6.45) is 3.13. The molecule has 0 spiro atoms. The third-order valence-corrected chi connectivity index (χ3v) is 4.11. The molecule has 0 saturated carbocycles. The van der Waals surface area contributed by atoms with Crippen molar-refractivity contribution in [3.8, 4) is 0 Å². The number of alkyl halides is 2. The fourth-order valence-corrected chi connectivity index (χ4v) is 3.49. The molecular formula is C14H15F2NO. The van der Waals surface area contributed by atoms with Gasteiger partial charge in [0.2, 0.25) is 6.41 Å². The monoisotopic (exact) mass is 251 g/mol. The lowest BCUT2D eigenvalue weighted by molar-refractivity contribution is -0.105. The maximum absolute atomic E-state index is 13.3. The van der Waals surface area contributed by atoms with Gasteiger partial charge < -0.3 is 5.32 Å². The Hall–Kier alpha value is -1.45. The van der Waals surface area contributed by atoms with Crippen LogP contribution in [0.2, 0.25) is 0 Å². The maximum atomic E-state index is 13.3. The summed E-state index contributed by atoms with van der Waals surface area (Å²) in [5.74, 6) is 0. The van der Waals surface area contributed by atoms with Crippen molar-refractivity contribution in [1.29, 1.82) is 0 Å². The zero-order valence-corrected chi connectivity index (χ0v) is 10.1. The van der Waals surface area contributed by atoms with Crippen LogP contribution in [0.3, 0.4) is 0 Å². The molecule has 1 amide bonds. The summed E-state index contributed by atoms with van der Waals surface area (Å²) in [5, 5.41) is 2.75. The third-order valence-electron chi connectivity index (χ3n) is 4.11. The van der Waals surface area contributed by atoms with Crippen molar-refractivity contribution in [2.45, 2.75) is 45.0 Å². The van der Waals surface area contributed by atoms with Gasteiger partial charge in [0.05, 0.1) is 0 Å². The number of amides is 1. The number of carbonyl (C=O) groups excluding carboxylic acids is 1. The van der Waals surface area contributed by atoms with E-state index in [0.717, 1.165) is 66.5 Å². The lowest BCUT2D eigenvalue weighted by Gasteiger charge is -2.18. The third kappa shape index (κ3) is 1.55. The van der Waals surface area contributed by atoms with Crippen LogP contribution >= 0.6 is 0 Å². The van der Waals surface area contributed by atoms with Gasteiger partial charge in [-0.1, -0.05) is 0 Å². The zero-order valence-electron chi connectivity index (χ0n) is 10.1. The predicted molar refractivity (Wildman–Crippen MR) is 65.1 cm³/mol. The number of hydrogen-bond donors (Lipinski definition) is 1. The van der Waals surface area contributed by atoms with Crippen molar-refractivity contribution in [3.63, 3.8) is 0 Å². The highest BCUT2D eigenvalue weighted by molar-refractivity contribution is 5.80. The van der Waals surface area contributed by atoms with Crippen molar-refractivity contribution in [3.05, 3.63) is 27.8 Å². The van der Waals surface area contributed by atoms with Crippen molar-refractivity contribution >= 4 is 12.1 Å². The van der Waals surface area contributed by atoms with Crippen molar-refractivity contribution < 1.29 is 13.6 Å². The molecule has 0 atom stereocenters. The summed E-state index contributed by atoms with van der Waals surface area (Å²) in [5.41, 5.74) is 4.61. The Morgan fingerprint density at radius 2 is 1.44 bits per heavy atom. The zero-order chi connectivity index (χ0) is 12.7. The van der Waals surface area contributed by atoms with E-state index in [9.17, 15) is 13.6 Å². The van der Waals surface area contributed by atoms with Crippen LogP contribution in [-0.2, 0) is 30.5 Å². The van der Waals surface area contributed by atoms with Crippen molar-refractivity contribution in [1.82, 2.24) is 0 Å². The number of hydrogen-bond acceptors (Lipinski definition) is 1. The number of halogens is 2. The molecule has 18 heavy (non-hydrogen) atoms. The number of fused-ring (bicyclic) bond motifs is 2. The van der Waals surface area contributed by atoms with Crippen molar-refractivity contribution in [2.75, 3.05) is 5.32 Å². The van der Waals surface area contributed by atoms with E-state index in [-0.39, 0.29) is 5.56 Å². The van der Waals surface area contributed by atoms with Gasteiger partial charge in [-0.2, -0.15) is 0 Å². The van der Waals surface area contributed by atoms with Gasteiger partial charge in [-0.15, -0.1) is 0 Å². The normalized spacial score (nSPS) is 16.8. The molecule has 96 valence electrons.